The van der Waals surface area contributed by atoms with E-state index in [1.165, 1.54) is 16.0 Å². The minimum Gasteiger partial charge on any atom is -0.462 e. The zero-order chi connectivity index (χ0) is 30.2. The fourth-order valence-electron chi connectivity index (χ4n) is 6.71. The summed E-state index contributed by atoms with van der Waals surface area (Å²) in [5.41, 5.74) is 6.52. The number of aromatic nitrogens is 4. The number of rotatable bonds is 7. The summed E-state index contributed by atoms with van der Waals surface area (Å²) in [5, 5.41) is 8.51. The number of ether oxygens (including phenoxy) is 1. The molecule has 0 saturated carbocycles. The van der Waals surface area contributed by atoms with E-state index >= 15 is 0 Å². The maximum atomic E-state index is 13.8. The fourth-order valence-corrected chi connectivity index (χ4v) is 6.71. The van der Waals surface area contributed by atoms with Crippen molar-refractivity contribution in [2.24, 2.45) is 0 Å². The third-order valence-corrected chi connectivity index (χ3v) is 9.22. The number of carbonyl (C=O) groups excluding carboxylic acids is 1. The van der Waals surface area contributed by atoms with Crippen molar-refractivity contribution in [2.45, 2.75) is 51.7 Å². The molecule has 2 fully saturated rings. The van der Waals surface area contributed by atoms with Crippen molar-refractivity contribution in [1.82, 2.24) is 30.0 Å². The highest BCUT2D eigenvalue weighted by Gasteiger charge is 2.36. The number of likely N-dealkylation sites (tertiary alicyclic amines) is 1. The Kier molecular flexibility index (Phi) is 7.92. The van der Waals surface area contributed by atoms with E-state index in [9.17, 15) is 9.18 Å². The van der Waals surface area contributed by atoms with Crippen LogP contribution in [0.5, 0.6) is 6.01 Å². The van der Waals surface area contributed by atoms with Gasteiger partial charge in [-0.15, -0.1) is 0 Å². The highest BCUT2D eigenvalue weighted by Crippen LogP contribution is 2.37. The summed E-state index contributed by atoms with van der Waals surface area (Å²) < 4.78 is 20.1. The number of nitrogens with zero attached hydrogens (tertiary/aromatic N) is 8. The van der Waals surface area contributed by atoms with Crippen molar-refractivity contribution in [3.63, 3.8) is 0 Å². The van der Waals surface area contributed by atoms with Crippen LogP contribution in [0.2, 0.25) is 0 Å². The summed E-state index contributed by atoms with van der Waals surface area (Å²) in [4.78, 5) is 34.2. The summed E-state index contributed by atoms with van der Waals surface area (Å²) in [7, 11) is 2.11. The van der Waals surface area contributed by atoms with E-state index in [1.807, 2.05) is 6.20 Å². The lowest BCUT2D eigenvalue weighted by atomic mass is 9.99. The van der Waals surface area contributed by atoms with E-state index in [2.05, 4.69) is 63.3 Å². The van der Waals surface area contributed by atoms with Crippen molar-refractivity contribution >= 4 is 28.3 Å². The standard InChI is InChI=1S/C31H38FN9O2/c1-19-13-26-25(15-34-37-26)28(20(19)2)39-10-8-24-27(17-39)35-31(43-18-22-7-6-9-38(22)5)36-29(24)40-11-12-41(30(42)21(3)32)23(16-40)14-33-4/h13,15,22-23H,3,6-12,14,16-18H2,1-2,5H3,(H,34,37)/t22?,23-/m0/s1. The topological polar surface area (TPSA) is 98.1 Å². The number of hydrogen-bond donors (Lipinski definition) is 1. The van der Waals surface area contributed by atoms with Crippen molar-refractivity contribution < 1.29 is 13.9 Å². The van der Waals surface area contributed by atoms with Gasteiger partial charge in [0.15, 0.2) is 5.83 Å². The maximum absolute atomic E-state index is 13.8. The third-order valence-electron chi connectivity index (χ3n) is 9.22. The first kappa shape index (κ1) is 28.9. The number of halogens is 1. The van der Waals surface area contributed by atoms with Gasteiger partial charge in [-0.3, -0.25) is 9.89 Å². The average Bonchev–Trinajstić information content (AvgIpc) is 3.63. The number of amides is 1. The Balaban J connectivity index is 1.35. The van der Waals surface area contributed by atoms with Crippen LogP contribution >= 0.6 is 0 Å². The lowest BCUT2D eigenvalue weighted by Gasteiger charge is -2.41. The van der Waals surface area contributed by atoms with Crippen LogP contribution in [-0.4, -0.2) is 101 Å². The Labute approximate surface area is 251 Å². The molecule has 3 aliphatic heterocycles. The second-order valence-electron chi connectivity index (χ2n) is 11.9. The fraction of sp³-hybridized carbons (Fsp3) is 0.516. The molecule has 3 aliphatic rings. The van der Waals surface area contributed by atoms with Gasteiger partial charge in [0.1, 0.15) is 18.5 Å². The summed E-state index contributed by atoms with van der Waals surface area (Å²) >= 11 is 0. The van der Waals surface area contributed by atoms with Crippen molar-refractivity contribution in [2.75, 3.05) is 62.7 Å². The largest absolute Gasteiger partial charge is 0.462 e. The number of H-pyrrole nitrogens is 1. The Bertz CT molecular complexity index is 1600. The molecular formula is C31H38FN9O2. The molecule has 43 heavy (non-hydrogen) atoms. The number of carbonyl (C=O) groups is 1. The van der Waals surface area contributed by atoms with Gasteiger partial charge in [-0.2, -0.15) is 15.1 Å². The second-order valence-corrected chi connectivity index (χ2v) is 11.9. The zero-order valence-corrected chi connectivity index (χ0v) is 25.1. The molecule has 12 heteroatoms. The molecule has 1 unspecified atom stereocenters. The highest BCUT2D eigenvalue weighted by molar-refractivity contribution is 5.94. The van der Waals surface area contributed by atoms with Crippen LogP contribution in [-0.2, 0) is 17.8 Å². The number of nitrogens with one attached hydrogen (secondary N) is 1. The van der Waals surface area contributed by atoms with Gasteiger partial charge in [0.25, 0.3) is 5.91 Å². The predicted octanol–water partition coefficient (Wildman–Crippen LogP) is 3.43. The number of fused-ring (bicyclic) bond motifs is 2. The predicted molar refractivity (Wildman–Crippen MR) is 163 cm³/mol. The van der Waals surface area contributed by atoms with E-state index in [1.54, 1.807) is 0 Å². The summed E-state index contributed by atoms with van der Waals surface area (Å²) in [6.07, 6.45) is 4.82. The normalized spacial score (nSPS) is 20.8. The molecule has 5 heterocycles. The van der Waals surface area contributed by atoms with Crippen LogP contribution in [0.3, 0.4) is 0 Å². The van der Waals surface area contributed by atoms with Crippen molar-refractivity contribution in [1.29, 1.82) is 0 Å². The molecule has 3 aromatic rings. The number of anilines is 2. The first-order valence-electron chi connectivity index (χ1n) is 14.9. The number of aryl methyl sites for hydroxylation is 1. The smallest absolute Gasteiger partial charge is 0.318 e. The molecular weight excluding hydrogens is 549 g/mol. The van der Waals surface area contributed by atoms with Gasteiger partial charge >= 0.3 is 6.01 Å². The van der Waals surface area contributed by atoms with E-state index in [0.29, 0.717) is 38.3 Å². The molecule has 1 amide bonds. The van der Waals surface area contributed by atoms with E-state index < -0.39 is 17.8 Å². The quantitative estimate of drug-likeness (QED) is 0.332. The molecule has 0 radical (unpaired) electrons. The monoisotopic (exact) mass is 587 g/mol. The first-order valence-corrected chi connectivity index (χ1v) is 14.9. The first-order chi connectivity index (χ1) is 20.7. The number of hydrogen-bond acceptors (Lipinski definition) is 8. The number of benzene rings is 1. The Morgan fingerprint density at radius 3 is 2.79 bits per heavy atom. The van der Waals surface area contributed by atoms with Gasteiger partial charge in [-0.25, -0.2) is 11.0 Å². The van der Waals surface area contributed by atoms with Crippen LogP contribution < -0.4 is 14.5 Å². The van der Waals surface area contributed by atoms with Crippen LogP contribution in [0.25, 0.3) is 15.7 Å². The van der Waals surface area contributed by atoms with E-state index in [0.717, 1.165) is 66.0 Å². The molecule has 0 spiro atoms. The summed E-state index contributed by atoms with van der Waals surface area (Å²) in [6, 6.07) is 2.31. The van der Waals surface area contributed by atoms with E-state index in [-0.39, 0.29) is 13.1 Å². The lowest BCUT2D eigenvalue weighted by Crippen LogP contribution is -2.57. The van der Waals surface area contributed by atoms with Gasteiger partial charge in [-0.05, 0) is 63.9 Å². The lowest BCUT2D eigenvalue weighted by molar-refractivity contribution is -0.131. The zero-order valence-electron chi connectivity index (χ0n) is 25.1. The highest BCUT2D eigenvalue weighted by atomic mass is 19.1. The minimum atomic E-state index is -1.01. The number of aromatic amines is 1. The summed E-state index contributed by atoms with van der Waals surface area (Å²) in [6.45, 7) is 19.0. The second kappa shape index (κ2) is 11.8. The van der Waals surface area contributed by atoms with Crippen LogP contribution in [0.4, 0.5) is 15.9 Å². The molecule has 0 aliphatic carbocycles. The third kappa shape index (κ3) is 5.49. The molecule has 2 saturated heterocycles. The Morgan fingerprint density at radius 2 is 2.05 bits per heavy atom. The average molecular weight is 588 g/mol. The van der Waals surface area contributed by atoms with Crippen molar-refractivity contribution in [3.8, 4) is 6.01 Å². The number of piperazine rings is 1. The molecule has 6 rings (SSSR count). The van der Waals surface area contributed by atoms with Crippen molar-refractivity contribution in [3.05, 3.63) is 58.5 Å². The molecule has 0 bridgehead atoms. The molecule has 11 nitrogen and oxygen atoms in total. The molecule has 1 aromatic carbocycles. The molecule has 2 aromatic heterocycles. The van der Waals surface area contributed by atoms with Gasteiger partial charge in [0.2, 0.25) is 6.54 Å². The Hall–Kier alpha value is -4.24. The number of likely N-dealkylation sites (N-methyl/N-ethyl adjacent to an activating group) is 1. The van der Waals surface area contributed by atoms with Gasteiger partial charge in [-0.1, -0.05) is 6.58 Å². The summed E-state index contributed by atoms with van der Waals surface area (Å²) in [5.74, 6) is -0.985. The van der Waals surface area contributed by atoms with Crippen LogP contribution in [0.15, 0.2) is 24.7 Å². The van der Waals surface area contributed by atoms with Gasteiger partial charge in [0.05, 0.1) is 29.6 Å². The SMILES string of the molecule is [C-]#[N+]C[C@H]1CN(c2nc(OCC3CCCN3C)nc3c2CCN(c2c(C)c(C)cc4[nH]ncc24)C3)CCN1C(=O)C(=C)F. The maximum Gasteiger partial charge on any atom is 0.318 e. The minimum absolute atomic E-state index is 0.0707. The van der Waals surface area contributed by atoms with Gasteiger partial charge < -0.3 is 29.2 Å². The van der Waals surface area contributed by atoms with Gasteiger partial charge in [0, 0.05) is 43.2 Å². The molecule has 226 valence electrons. The van der Waals surface area contributed by atoms with Crippen LogP contribution in [0.1, 0.15) is 35.2 Å². The van der Waals surface area contributed by atoms with Crippen LogP contribution in [0, 0.1) is 20.4 Å². The van der Waals surface area contributed by atoms with E-state index in [4.69, 9.17) is 21.3 Å². The molecule has 2 atom stereocenters. The molecule has 1 N–H and O–H groups in total. The Morgan fingerprint density at radius 1 is 1.21 bits per heavy atom.